The first-order valence-corrected chi connectivity index (χ1v) is 7.55. The summed E-state index contributed by atoms with van der Waals surface area (Å²) in [6.45, 7) is 1.99. The number of nitrogens with zero attached hydrogens (tertiary/aromatic N) is 4. The Morgan fingerprint density at radius 2 is 1.95 bits per heavy atom. The fourth-order valence-corrected chi connectivity index (χ4v) is 2.90. The lowest BCUT2D eigenvalue weighted by molar-refractivity contribution is -0.785. The highest BCUT2D eigenvalue weighted by Crippen LogP contribution is 2.23. The molecule has 5 nitrogen and oxygen atoms in total. The van der Waals surface area contributed by atoms with Crippen molar-refractivity contribution in [2.45, 2.75) is 45.1 Å². The molecular weight excluding hydrogens is 264 g/mol. The van der Waals surface area contributed by atoms with Gasteiger partial charge >= 0.3 is 0 Å². The van der Waals surface area contributed by atoms with Crippen molar-refractivity contribution in [2.75, 3.05) is 0 Å². The second-order valence-corrected chi connectivity index (χ2v) is 5.59. The van der Waals surface area contributed by atoms with Crippen LogP contribution in [-0.4, -0.2) is 20.2 Å². The number of aliphatic hydroxyl groups is 1. The zero-order valence-electron chi connectivity index (χ0n) is 12.3. The van der Waals surface area contributed by atoms with Crippen molar-refractivity contribution >= 4 is 12.0 Å². The maximum atomic E-state index is 10.2. The molecule has 3 rings (SSSR count). The average Bonchev–Trinajstić information content (AvgIpc) is 2.90. The van der Waals surface area contributed by atoms with Crippen molar-refractivity contribution in [3.63, 3.8) is 0 Å². The van der Waals surface area contributed by atoms with Gasteiger partial charge in [0.05, 0.1) is 0 Å². The van der Waals surface area contributed by atoms with Gasteiger partial charge in [-0.2, -0.15) is 0 Å². The van der Waals surface area contributed by atoms with E-state index in [0.717, 1.165) is 11.4 Å². The predicted octanol–water partition coefficient (Wildman–Crippen LogP) is 2.89. The SMILES string of the molecule is Cc1n(/C=C(\O)c2ccccc2)nn[n+]1C1CCCCC1. The lowest BCUT2D eigenvalue weighted by atomic mass is 9.96. The van der Waals surface area contributed by atoms with Gasteiger partial charge in [0, 0.05) is 12.5 Å². The summed E-state index contributed by atoms with van der Waals surface area (Å²) in [6.07, 6.45) is 7.79. The normalized spacial score (nSPS) is 17.1. The number of aromatic nitrogens is 4. The van der Waals surface area contributed by atoms with E-state index in [1.54, 1.807) is 10.9 Å². The largest absolute Gasteiger partial charge is 0.504 e. The van der Waals surface area contributed by atoms with Crippen molar-refractivity contribution in [1.82, 2.24) is 15.1 Å². The molecule has 110 valence electrons. The van der Waals surface area contributed by atoms with Crippen LogP contribution in [-0.2, 0) is 0 Å². The summed E-state index contributed by atoms with van der Waals surface area (Å²) < 4.78 is 3.64. The minimum absolute atomic E-state index is 0.194. The molecule has 1 aromatic carbocycles. The monoisotopic (exact) mass is 285 g/mol. The van der Waals surface area contributed by atoms with E-state index in [0.29, 0.717) is 6.04 Å². The van der Waals surface area contributed by atoms with Crippen LogP contribution in [0.15, 0.2) is 30.3 Å². The highest BCUT2D eigenvalue weighted by Gasteiger charge is 2.25. The summed E-state index contributed by atoms with van der Waals surface area (Å²) in [6, 6.07) is 9.90. The van der Waals surface area contributed by atoms with Crippen LogP contribution in [0.4, 0.5) is 0 Å². The van der Waals surface area contributed by atoms with Crippen LogP contribution in [0.25, 0.3) is 12.0 Å². The zero-order valence-corrected chi connectivity index (χ0v) is 12.3. The molecule has 1 saturated carbocycles. The minimum atomic E-state index is 0.194. The van der Waals surface area contributed by atoms with Crippen LogP contribution >= 0.6 is 0 Å². The Morgan fingerprint density at radius 3 is 2.67 bits per heavy atom. The first kappa shape index (κ1) is 13.8. The van der Waals surface area contributed by atoms with Crippen molar-refractivity contribution < 1.29 is 9.79 Å². The van der Waals surface area contributed by atoms with Gasteiger partial charge < -0.3 is 5.11 Å². The number of rotatable bonds is 3. The van der Waals surface area contributed by atoms with Gasteiger partial charge in [-0.25, -0.2) is 0 Å². The molecule has 1 N–H and O–H groups in total. The second-order valence-electron chi connectivity index (χ2n) is 5.59. The smallest absolute Gasteiger partial charge is 0.259 e. The van der Waals surface area contributed by atoms with E-state index in [-0.39, 0.29) is 5.76 Å². The lowest BCUT2D eigenvalue weighted by Gasteiger charge is -2.17. The van der Waals surface area contributed by atoms with E-state index in [9.17, 15) is 5.11 Å². The number of benzene rings is 1. The average molecular weight is 285 g/mol. The molecule has 0 amide bonds. The molecule has 0 spiro atoms. The van der Waals surface area contributed by atoms with Crippen LogP contribution in [0, 0.1) is 6.92 Å². The molecule has 0 bridgehead atoms. The first-order valence-electron chi connectivity index (χ1n) is 7.55. The predicted molar refractivity (Wildman–Crippen MR) is 80.3 cm³/mol. The molecule has 0 unspecified atom stereocenters. The van der Waals surface area contributed by atoms with Crippen molar-refractivity contribution in [3.8, 4) is 0 Å². The second kappa shape index (κ2) is 6.08. The van der Waals surface area contributed by atoms with Crippen molar-refractivity contribution in [1.29, 1.82) is 0 Å². The molecule has 5 heteroatoms. The standard InChI is InChI=1S/C16H20N4O/c1-13-19(12-16(21)14-8-4-2-5-9-14)17-18-20(13)15-10-6-3-7-11-15/h2,4-5,8-9,12,15H,3,6-7,10-11H2,1H3/p+1/b16-12-. The Labute approximate surface area is 124 Å². The molecule has 0 aliphatic heterocycles. The molecule has 1 aliphatic carbocycles. The summed E-state index contributed by atoms with van der Waals surface area (Å²) in [5.74, 6) is 1.14. The van der Waals surface area contributed by atoms with Gasteiger partial charge in [0.1, 0.15) is 11.3 Å². The molecule has 0 radical (unpaired) electrons. The summed E-state index contributed by atoms with van der Waals surface area (Å²) in [5.41, 5.74) is 0.775. The van der Waals surface area contributed by atoms with Crippen LogP contribution in [0.1, 0.15) is 49.5 Å². The van der Waals surface area contributed by atoms with Crippen molar-refractivity contribution in [3.05, 3.63) is 41.7 Å². The highest BCUT2D eigenvalue weighted by atomic mass is 16.3. The topological polar surface area (TPSA) is 54.8 Å². The Hall–Kier alpha value is -2.17. The zero-order chi connectivity index (χ0) is 14.7. The molecule has 0 atom stereocenters. The fourth-order valence-electron chi connectivity index (χ4n) is 2.90. The van der Waals surface area contributed by atoms with E-state index in [2.05, 4.69) is 10.4 Å². The quantitative estimate of drug-likeness (QED) is 0.697. The maximum absolute atomic E-state index is 10.2. The van der Waals surface area contributed by atoms with E-state index >= 15 is 0 Å². The Morgan fingerprint density at radius 1 is 1.24 bits per heavy atom. The van der Waals surface area contributed by atoms with Gasteiger partial charge in [0.15, 0.2) is 17.2 Å². The number of tetrazole rings is 1. The molecule has 0 saturated heterocycles. The van der Waals surface area contributed by atoms with E-state index in [1.165, 1.54) is 32.1 Å². The number of aliphatic hydroxyl groups excluding tert-OH is 1. The van der Waals surface area contributed by atoms with Crippen LogP contribution in [0.5, 0.6) is 0 Å². The Bertz CT molecular complexity index is 627. The molecule has 1 fully saturated rings. The summed E-state index contributed by atoms with van der Waals surface area (Å²) >= 11 is 0. The third-order valence-electron chi connectivity index (χ3n) is 4.13. The summed E-state index contributed by atoms with van der Waals surface area (Å²) in [7, 11) is 0. The number of hydrogen-bond acceptors (Lipinski definition) is 3. The molecule has 2 aromatic rings. The van der Waals surface area contributed by atoms with Gasteiger partial charge in [0.25, 0.3) is 5.82 Å². The summed E-state index contributed by atoms with van der Waals surface area (Å²) in [5, 5.41) is 18.6. The van der Waals surface area contributed by atoms with Crippen LogP contribution in [0.3, 0.4) is 0 Å². The first-order chi connectivity index (χ1) is 10.3. The van der Waals surface area contributed by atoms with E-state index in [4.69, 9.17) is 0 Å². The van der Waals surface area contributed by atoms with Gasteiger partial charge in [-0.05, 0) is 25.7 Å². The van der Waals surface area contributed by atoms with Crippen molar-refractivity contribution in [2.24, 2.45) is 0 Å². The summed E-state index contributed by atoms with van der Waals surface area (Å²) in [4.78, 5) is 0. The van der Waals surface area contributed by atoms with Gasteiger partial charge in [-0.1, -0.05) is 41.4 Å². The molecular formula is C16H21N4O+. The maximum Gasteiger partial charge on any atom is 0.259 e. The van der Waals surface area contributed by atoms with Crippen LogP contribution in [0.2, 0.25) is 0 Å². The third kappa shape index (κ3) is 2.96. The van der Waals surface area contributed by atoms with Gasteiger partial charge in [-0.3, -0.25) is 0 Å². The Kier molecular flexibility index (Phi) is 3.99. The van der Waals surface area contributed by atoms with Gasteiger partial charge in [-0.15, -0.1) is 4.68 Å². The molecule has 1 heterocycles. The Balaban J connectivity index is 1.85. The third-order valence-corrected chi connectivity index (χ3v) is 4.13. The highest BCUT2D eigenvalue weighted by molar-refractivity contribution is 5.68. The van der Waals surface area contributed by atoms with E-state index < -0.39 is 0 Å². The minimum Gasteiger partial charge on any atom is -0.504 e. The molecule has 1 aliphatic rings. The molecule has 21 heavy (non-hydrogen) atoms. The van der Waals surface area contributed by atoms with Crippen LogP contribution < -0.4 is 4.68 Å². The molecule has 1 aromatic heterocycles. The van der Waals surface area contributed by atoms with E-state index in [1.807, 2.05) is 41.9 Å². The lowest BCUT2D eigenvalue weighted by Crippen LogP contribution is -2.45. The number of hydrogen-bond donors (Lipinski definition) is 1. The van der Waals surface area contributed by atoms with Gasteiger partial charge in [0.2, 0.25) is 0 Å². The fraction of sp³-hybridized carbons (Fsp3) is 0.438.